The van der Waals surface area contributed by atoms with Gasteiger partial charge in [-0.2, -0.15) is 5.10 Å². The number of hydrogen-bond acceptors (Lipinski definition) is 2. The van der Waals surface area contributed by atoms with Gasteiger partial charge in [0.15, 0.2) is 0 Å². The molecule has 1 heterocycles. The van der Waals surface area contributed by atoms with Crippen LogP contribution in [0, 0.1) is 6.92 Å². The van der Waals surface area contributed by atoms with Crippen LogP contribution in [0.2, 0.25) is 5.15 Å². The Morgan fingerprint density at radius 3 is 2.44 bits per heavy atom. The molecule has 0 fully saturated rings. The van der Waals surface area contributed by atoms with Crippen molar-refractivity contribution in [2.75, 3.05) is 5.32 Å². The SMILES string of the molecule is CCC(C)c1ccc(NC(=O)c2c(C)nn(Cc3ccccc3)c2Cl)cc1. The second kappa shape index (κ2) is 8.40. The summed E-state index contributed by atoms with van der Waals surface area (Å²) in [6.45, 7) is 6.68. The van der Waals surface area contributed by atoms with Gasteiger partial charge in [0, 0.05) is 5.69 Å². The van der Waals surface area contributed by atoms with Crippen molar-refractivity contribution in [3.05, 3.63) is 82.1 Å². The predicted octanol–water partition coefficient (Wildman–Crippen LogP) is 5.66. The molecule has 1 atom stereocenters. The molecule has 1 amide bonds. The highest BCUT2D eigenvalue weighted by molar-refractivity contribution is 6.33. The normalized spacial score (nSPS) is 12.0. The Labute approximate surface area is 165 Å². The smallest absolute Gasteiger partial charge is 0.260 e. The zero-order valence-corrected chi connectivity index (χ0v) is 16.6. The first-order valence-corrected chi connectivity index (χ1v) is 9.55. The summed E-state index contributed by atoms with van der Waals surface area (Å²) in [5, 5.41) is 7.72. The van der Waals surface area contributed by atoms with E-state index < -0.39 is 0 Å². The lowest BCUT2D eigenvalue weighted by atomic mass is 9.98. The quantitative estimate of drug-likeness (QED) is 0.598. The van der Waals surface area contributed by atoms with Gasteiger partial charge in [-0.05, 0) is 42.5 Å². The number of amides is 1. The summed E-state index contributed by atoms with van der Waals surface area (Å²) in [7, 11) is 0. The summed E-state index contributed by atoms with van der Waals surface area (Å²) in [5.41, 5.74) is 4.12. The van der Waals surface area contributed by atoms with Crippen LogP contribution >= 0.6 is 11.6 Å². The molecule has 1 N–H and O–H groups in total. The van der Waals surface area contributed by atoms with Crippen molar-refractivity contribution < 1.29 is 4.79 Å². The molecular formula is C22H24ClN3O. The standard InChI is InChI=1S/C22H24ClN3O/c1-4-15(2)18-10-12-19(13-11-18)24-22(27)20-16(3)25-26(21(20)23)14-17-8-6-5-7-9-17/h5-13,15H,4,14H2,1-3H3,(H,24,27). The first-order chi connectivity index (χ1) is 13.0. The lowest BCUT2D eigenvalue weighted by molar-refractivity contribution is 0.102. The van der Waals surface area contributed by atoms with Crippen LogP contribution in [0.4, 0.5) is 5.69 Å². The summed E-state index contributed by atoms with van der Waals surface area (Å²) in [6, 6.07) is 17.9. The third kappa shape index (κ3) is 4.40. The second-order valence-electron chi connectivity index (χ2n) is 6.78. The molecule has 3 rings (SSSR count). The van der Waals surface area contributed by atoms with E-state index in [4.69, 9.17) is 11.6 Å². The van der Waals surface area contributed by atoms with Crippen LogP contribution in [0.25, 0.3) is 0 Å². The number of nitrogens with one attached hydrogen (secondary N) is 1. The Morgan fingerprint density at radius 2 is 1.81 bits per heavy atom. The summed E-state index contributed by atoms with van der Waals surface area (Å²) < 4.78 is 1.66. The third-order valence-corrected chi connectivity index (χ3v) is 5.20. The molecule has 4 nitrogen and oxygen atoms in total. The maximum absolute atomic E-state index is 12.7. The molecule has 0 aliphatic carbocycles. The van der Waals surface area contributed by atoms with Crippen LogP contribution < -0.4 is 5.32 Å². The Hall–Kier alpha value is -2.59. The van der Waals surface area contributed by atoms with Crippen molar-refractivity contribution >= 4 is 23.2 Å². The lowest BCUT2D eigenvalue weighted by Crippen LogP contribution is -2.13. The van der Waals surface area contributed by atoms with Gasteiger partial charge in [0.1, 0.15) is 5.15 Å². The van der Waals surface area contributed by atoms with Crippen LogP contribution in [0.5, 0.6) is 0 Å². The fourth-order valence-corrected chi connectivity index (χ4v) is 3.32. The molecule has 0 bridgehead atoms. The molecule has 1 unspecified atom stereocenters. The van der Waals surface area contributed by atoms with Gasteiger partial charge >= 0.3 is 0 Å². The van der Waals surface area contributed by atoms with Gasteiger partial charge in [0.25, 0.3) is 5.91 Å². The summed E-state index contributed by atoms with van der Waals surface area (Å²) in [5.74, 6) is 0.260. The predicted molar refractivity (Wildman–Crippen MR) is 111 cm³/mol. The molecule has 0 radical (unpaired) electrons. The van der Waals surface area contributed by atoms with Gasteiger partial charge in [0.05, 0.1) is 17.8 Å². The minimum absolute atomic E-state index is 0.242. The maximum atomic E-state index is 12.7. The number of benzene rings is 2. The van der Waals surface area contributed by atoms with Crippen molar-refractivity contribution in [2.45, 2.75) is 39.7 Å². The topological polar surface area (TPSA) is 46.9 Å². The molecule has 0 aliphatic heterocycles. The average Bonchev–Trinajstić information content (AvgIpc) is 2.95. The number of aromatic nitrogens is 2. The van der Waals surface area contributed by atoms with Crippen LogP contribution in [0.15, 0.2) is 54.6 Å². The summed E-state index contributed by atoms with van der Waals surface area (Å²) >= 11 is 6.47. The van der Waals surface area contributed by atoms with Gasteiger partial charge < -0.3 is 5.32 Å². The van der Waals surface area contributed by atoms with E-state index in [1.807, 2.05) is 42.5 Å². The molecule has 0 aliphatic rings. The number of halogens is 1. The van der Waals surface area contributed by atoms with E-state index >= 15 is 0 Å². The van der Waals surface area contributed by atoms with E-state index in [0.717, 1.165) is 17.7 Å². The highest BCUT2D eigenvalue weighted by Crippen LogP contribution is 2.24. The molecule has 3 aromatic rings. The van der Waals surface area contributed by atoms with Crippen LogP contribution in [0.3, 0.4) is 0 Å². The number of carbonyl (C=O) groups is 1. The van der Waals surface area contributed by atoms with E-state index in [2.05, 4.69) is 36.4 Å². The molecule has 0 spiro atoms. The second-order valence-corrected chi connectivity index (χ2v) is 7.14. The Bertz CT molecular complexity index is 917. The molecule has 0 saturated carbocycles. The van der Waals surface area contributed by atoms with Gasteiger partial charge in [-0.15, -0.1) is 0 Å². The third-order valence-electron chi connectivity index (χ3n) is 4.82. The first-order valence-electron chi connectivity index (χ1n) is 9.17. The number of hydrogen-bond donors (Lipinski definition) is 1. The highest BCUT2D eigenvalue weighted by atomic mass is 35.5. The first kappa shape index (κ1) is 19.2. The Kier molecular flexibility index (Phi) is 5.97. The highest BCUT2D eigenvalue weighted by Gasteiger charge is 2.20. The average molecular weight is 382 g/mol. The summed E-state index contributed by atoms with van der Waals surface area (Å²) in [4.78, 5) is 12.7. The number of nitrogens with zero attached hydrogens (tertiary/aromatic N) is 2. The van der Waals surface area contributed by atoms with Crippen LogP contribution in [-0.4, -0.2) is 15.7 Å². The zero-order chi connectivity index (χ0) is 19.4. The number of aryl methyl sites for hydroxylation is 1. The molecule has 140 valence electrons. The van der Waals surface area contributed by atoms with E-state index in [0.29, 0.717) is 28.9 Å². The monoisotopic (exact) mass is 381 g/mol. The van der Waals surface area contributed by atoms with E-state index in [1.165, 1.54) is 5.56 Å². The molecule has 0 saturated heterocycles. The van der Waals surface area contributed by atoms with E-state index in [1.54, 1.807) is 11.6 Å². The van der Waals surface area contributed by atoms with Crippen molar-refractivity contribution in [3.8, 4) is 0 Å². The molecule has 27 heavy (non-hydrogen) atoms. The number of carbonyl (C=O) groups excluding carboxylic acids is 1. The van der Waals surface area contributed by atoms with Crippen molar-refractivity contribution in [1.29, 1.82) is 0 Å². The van der Waals surface area contributed by atoms with Crippen LogP contribution in [0.1, 0.15) is 53.4 Å². The molecule has 1 aromatic heterocycles. The fourth-order valence-electron chi connectivity index (χ4n) is 3.00. The van der Waals surface area contributed by atoms with Gasteiger partial charge in [-0.3, -0.25) is 4.79 Å². The minimum atomic E-state index is -0.242. The number of rotatable bonds is 6. The Balaban J connectivity index is 1.77. The zero-order valence-electron chi connectivity index (χ0n) is 15.9. The minimum Gasteiger partial charge on any atom is -0.322 e. The molecule has 2 aromatic carbocycles. The summed E-state index contributed by atoms with van der Waals surface area (Å²) in [6.07, 6.45) is 1.08. The van der Waals surface area contributed by atoms with Crippen molar-refractivity contribution in [3.63, 3.8) is 0 Å². The van der Waals surface area contributed by atoms with Gasteiger partial charge in [-0.1, -0.05) is 67.9 Å². The van der Waals surface area contributed by atoms with Crippen molar-refractivity contribution in [1.82, 2.24) is 9.78 Å². The largest absolute Gasteiger partial charge is 0.322 e. The molecule has 5 heteroatoms. The molecular weight excluding hydrogens is 358 g/mol. The van der Waals surface area contributed by atoms with E-state index in [-0.39, 0.29) is 5.91 Å². The maximum Gasteiger partial charge on any atom is 0.260 e. The van der Waals surface area contributed by atoms with E-state index in [9.17, 15) is 4.79 Å². The fraction of sp³-hybridized carbons (Fsp3) is 0.273. The Morgan fingerprint density at radius 1 is 1.15 bits per heavy atom. The van der Waals surface area contributed by atoms with Crippen LogP contribution in [-0.2, 0) is 6.54 Å². The number of anilines is 1. The van der Waals surface area contributed by atoms with Gasteiger partial charge in [0.2, 0.25) is 0 Å². The van der Waals surface area contributed by atoms with Crippen molar-refractivity contribution in [2.24, 2.45) is 0 Å². The lowest BCUT2D eigenvalue weighted by Gasteiger charge is -2.10. The van der Waals surface area contributed by atoms with Gasteiger partial charge in [-0.25, -0.2) is 4.68 Å².